The summed E-state index contributed by atoms with van der Waals surface area (Å²) in [5, 5.41) is 0. The zero-order valence-electron chi connectivity index (χ0n) is 24.4. The minimum atomic E-state index is -6.26. The van der Waals surface area contributed by atoms with Crippen molar-refractivity contribution in [2.75, 3.05) is 20.4 Å². The van der Waals surface area contributed by atoms with Gasteiger partial charge >= 0.3 is 177 Å². The fraction of sp³-hybridized carbons (Fsp3) is 1.00. The van der Waals surface area contributed by atoms with Crippen LogP contribution in [0.3, 0.4) is 0 Å². The molecule has 10 atom stereocenters. The average molecular weight is 818 g/mol. The molecular formula is C9H18Na6O23P6. The minimum absolute atomic E-state index is 0. The van der Waals surface area contributed by atoms with Crippen molar-refractivity contribution in [1.29, 1.82) is 0 Å². The van der Waals surface area contributed by atoms with Gasteiger partial charge in [0.25, 0.3) is 39.1 Å². The van der Waals surface area contributed by atoms with E-state index in [1.54, 1.807) is 0 Å². The normalized spacial score (nSPS) is 31.1. The van der Waals surface area contributed by atoms with Crippen LogP contribution in [0.15, 0.2) is 0 Å². The molecule has 0 aromatic heterocycles. The summed E-state index contributed by atoms with van der Waals surface area (Å²) in [7, 11) is -35.2. The van der Waals surface area contributed by atoms with Crippen LogP contribution < -0.4 is 207 Å². The van der Waals surface area contributed by atoms with E-state index in [2.05, 4.69) is 31.7 Å². The third kappa shape index (κ3) is 24.9. The maximum absolute atomic E-state index is 12.0. The smallest absolute Gasteiger partial charge is 0.779 e. The van der Waals surface area contributed by atoms with Gasteiger partial charge in [0, 0.05) is 26.3 Å². The van der Waals surface area contributed by atoms with Gasteiger partial charge in [-0.3, -0.25) is 22.8 Å². The molecule has 1 aliphatic carbocycles. The van der Waals surface area contributed by atoms with Crippen LogP contribution in [0.2, 0.25) is 0 Å². The first kappa shape index (κ1) is 62.7. The van der Waals surface area contributed by atoms with Crippen LogP contribution in [0.5, 0.6) is 0 Å². The standard InChI is InChI=1S/C9H24O23P6.6Na/c1-26-37(22,23)31-5-4(3-33(10,11)12)6(32-38(24,25)27-2)8(29-35(16,17)18)9(30-36(19,20)21)7(5)28-34(13,14)15;;;;;;/h4-9H,3H2,1-2H3,(H,22,23)(H,24,25)(H2,10,11,12)(H2,13,14,15)(H2,16,17,18)(H2,19,20,21);;;;;;/q;6*+1/p-6. The largest absolute Gasteiger partial charge is 1.00 e. The molecule has 44 heavy (non-hydrogen) atoms. The molecule has 23 nitrogen and oxygen atoms in total. The number of hydrogen-bond donors (Lipinski definition) is 4. The van der Waals surface area contributed by atoms with E-state index in [-0.39, 0.29) is 177 Å². The molecule has 0 heterocycles. The van der Waals surface area contributed by atoms with Crippen LogP contribution >= 0.6 is 46.7 Å². The zero-order chi connectivity index (χ0) is 30.1. The Bertz CT molecular complexity index is 1060. The Labute approximate surface area is 382 Å². The molecule has 0 aromatic carbocycles. The molecule has 1 aliphatic rings. The summed E-state index contributed by atoms with van der Waals surface area (Å²) in [6, 6.07) is 0. The molecule has 0 amide bonds. The Kier molecular flexibility index (Phi) is 35.6. The minimum Gasteiger partial charge on any atom is -0.779 e. The molecule has 0 aliphatic heterocycles. The van der Waals surface area contributed by atoms with Crippen molar-refractivity contribution >= 4 is 46.7 Å². The SMILES string of the molecule is COP(=O)([O-])OC1C(CP(=O)([O-])O)C(OP(=O)([O-])OC)C(OP(=O)([O-])O)C(OP(=O)([O-])O)C1OP(=O)([O-])O.[Na+].[Na+].[Na+].[Na+].[Na+].[Na+]. The van der Waals surface area contributed by atoms with Crippen molar-refractivity contribution < 1.29 is 285 Å². The summed E-state index contributed by atoms with van der Waals surface area (Å²) in [6.45, 7) is 0. The Morgan fingerprint density at radius 3 is 0.886 bits per heavy atom. The van der Waals surface area contributed by atoms with Crippen molar-refractivity contribution in [3.63, 3.8) is 0 Å². The molecule has 1 saturated carbocycles. The van der Waals surface area contributed by atoms with Crippen LogP contribution in [0.25, 0.3) is 0 Å². The van der Waals surface area contributed by atoms with Crippen LogP contribution in [0, 0.1) is 5.92 Å². The molecule has 10 unspecified atom stereocenters. The summed E-state index contributed by atoms with van der Waals surface area (Å²) in [6.07, 6.45) is -17.2. The van der Waals surface area contributed by atoms with Crippen LogP contribution in [0.1, 0.15) is 0 Å². The van der Waals surface area contributed by atoms with Crippen molar-refractivity contribution in [2.24, 2.45) is 5.92 Å². The molecule has 0 spiro atoms. The van der Waals surface area contributed by atoms with Gasteiger partial charge in [-0.25, -0.2) is 0 Å². The fourth-order valence-electron chi connectivity index (χ4n) is 3.19. The Morgan fingerprint density at radius 1 is 0.477 bits per heavy atom. The van der Waals surface area contributed by atoms with Gasteiger partial charge in [0.1, 0.15) is 38.1 Å². The topological polar surface area (TPSA) is 386 Å². The van der Waals surface area contributed by atoms with Gasteiger partial charge in [-0.05, 0) is 0 Å². The molecule has 0 saturated heterocycles. The average Bonchev–Trinajstić information content (AvgIpc) is 2.66. The van der Waals surface area contributed by atoms with Crippen molar-refractivity contribution in [3.8, 4) is 0 Å². The summed E-state index contributed by atoms with van der Waals surface area (Å²) in [4.78, 5) is 107. The van der Waals surface area contributed by atoms with Crippen molar-refractivity contribution in [2.45, 2.75) is 30.5 Å². The number of phosphoric acid groups is 5. The summed E-state index contributed by atoms with van der Waals surface area (Å²) in [5.74, 6) is -2.70. The van der Waals surface area contributed by atoms with E-state index in [1.807, 2.05) is 0 Å². The second-order valence-electron chi connectivity index (χ2n) is 7.00. The summed E-state index contributed by atoms with van der Waals surface area (Å²) in [5.41, 5.74) is 0. The van der Waals surface area contributed by atoms with Gasteiger partial charge in [0.05, 0.1) is 0 Å². The first-order valence-corrected chi connectivity index (χ1v) is 18.2. The molecule has 0 radical (unpaired) electrons. The van der Waals surface area contributed by atoms with E-state index in [9.17, 15) is 61.6 Å². The first-order valence-electron chi connectivity index (χ1n) is 8.99. The third-order valence-electron chi connectivity index (χ3n) is 4.29. The Hall–Kier alpha value is 6.70. The van der Waals surface area contributed by atoms with Crippen LogP contribution in [-0.2, 0) is 59.1 Å². The third-order valence-corrected chi connectivity index (χ3v) is 8.60. The number of hydrogen-bond acceptors (Lipinski definition) is 19. The fourth-order valence-corrected chi connectivity index (χ4v) is 7.10. The number of rotatable bonds is 14. The summed E-state index contributed by atoms with van der Waals surface area (Å²) < 4.78 is 99.1. The second kappa shape index (κ2) is 25.0. The van der Waals surface area contributed by atoms with Gasteiger partial charge in [0.2, 0.25) is 0 Å². The van der Waals surface area contributed by atoms with Gasteiger partial charge in [-0.15, -0.1) is 0 Å². The molecule has 1 rings (SSSR count). The summed E-state index contributed by atoms with van der Waals surface area (Å²) >= 11 is 0. The molecular weight excluding hydrogens is 800 g/mol. The van der Waals surface area contributed by atoms with Gasteiger partial charge < -0.3 is 85.2 Å². The maximum Gasteiger partial charge on any atom is 1.00 e. The molecule has 0 bridgehead atoms. The van der Waals surface area contributed by atoms with E-state index in [1.165, 1.54) is 0 Å². The van der Waals surface area contributed by atoms with E-state index in [4.69, 9.17) is 14.7 Å². The predicted octanol–water partition coefficient (Wildman–Crippen LogP) is -23.3. The second-order valence-corrected chi connectivity index (χ2v) is 15.0. The van der Waals surface area contributed by atoms with E-state index < -0.39 is 89.3 Å². The van der Waals surface area contributed by atoms with Crippen LogP contribution in [-0.4, -0.2) is 70.5 Å². The zero-order valence-corrected chi connectivity index (χ0v) is 41.8. The quantitative estimate of drug-likeness (QED) is 0.0933. The Morgan fingerprint density at radius 2 is 0.705 bits per heavy atom. The van der Waals surface area contributed by atoms with E-state index >= 15 is 0 Å². The van der Waals surface area contributed by atoms with E-state index in [0.717, 1.165) is 0 Å². The van der Waals surface area contributed by atoms with Gasteiger partial charge in [-0.2, -0.15) is 0 Å². The van der Waals surface area contributed by atoms with E-state index in [0.29, 0.717) is 14.2 Å². The van der Waals surface area contributed by atoms with Crippen molar-refractivity contribution in [1.82, 2.24) is 0 Å². The molecule has 1 fully saturated rings. The molecule has 4 N–H and O–H groups in total. The van der Waals surface area contributed by atoms with Crippen LogP contribution in [0.4, 0.5) is 0 Å². The van der Waals surface area contributed by atoms with Gasteiger partial charge in [0.15, 0.2) is 0 Å². The maximum atomic E-state index is 12.0. The predicted molar refractivity (Wildman–Crippen MR) is 101 cm³/mol. The molecule has 228 valence electrons. The Balaban J connectivity index is -0.000000602. The molecule has 35 heteroatoms. The first-order chi connectivity index (χ1) is 16.7. The number of phosphoric ester groups is 5. The molecule has 0 aromatic rings. The van der Waals surface area contributed by atoms with Crippen molar-refractivity contribution in [3.05, 3.63) is 0 Å². The van der Waals surface area contributed by atoms with Gasteiger partial charge in [-0.1, -0.05) is 0 Å². The monoisotopic (exact) mass is 818 g/mol.